The van der Waals surface area contributed by atoms with Crippen LogP contribution in [0.15, 0.2) is 15.9 Å². The molecule has 1 saturated heterocycles. The second-order valence-corrected chi connectivity index (χ2v) is 13.3. The molecular formula is C19H32N3O3SSi-. The highest BCUT2D eigenvalue weighted by Crippen LogP contribution is 2.36. The van der Waals surface area contributed by atoms with Crippen molar-refractivity contribution >= 4 is 20.9 Å². The Morgan fingerprint density at radius 2 is 1.96 bits per heavy atom. The number of hydrogen-bond acceptors (Lipinski definition) is 6. The molecule has 0 radical (unpaired) electrons. The van der Waals surface area contributed by atoms with Gasteiger partial charge < -0.3 is 32.1 Å². The first-order valence-electron chi connectivity index (χ1n) is 9.34. The summed E-state index contributed by atoms with van der Waals surface area (Å²) in [6, 6.07) is 3.53. The van der Waals surface area contributed by atoms with E-state index in [1.807, 2.05) is 0 Å². The SMILES string of the molecule is C1COCCN1.CC(C)(C)[Si](C)(C)OCCCc1cc(=O)[nH]c([S-])c1C#N. The molecule has 1 aliphatic heterocycles. The van der Waals surface area contributed by atoms with Gasteiger partial charge in [0.1, 0.15) is 0 Å². The van der Waals surface area contributed by atoms with Gasteiger partial charge in [-0.2, -0.15) is 5.26 Å². The van der Waals surface area contributed by atoms with Gasteiger partial charge in [0, 0.05) is 25.8 Å². The number of pyridine rings is 1. The molecule has 0 spiro atoms. The van der Waals surface area contributed by atoms with E-state index >= 15 is 0 Å². The minimum absolute atomic E-state index is 0.183. The standard InChI is InChI=1S/C15H24N2O2SSi.C4H9NO/c1-15(2,3)21(4,5)19-8-6-7-11-9-13(18)17-14(20)12(11)10-16;1-3-6-4-2-5-1/h9H,6-8H2,1-5H3,(H2,17,18,20);5H,1-4H2/p-1. The van der Waals surface area contributed by atoms with Gasteiger partial charge in [-0.3, -0.25) is 4.79 Å². The van der Waals surface area contributed by atoms with Crippen LogP contribution in [0.3, 0.4) is 0 Å². The minimum Gasteiger partial charge on any atom is -0.761 e. The molecule has 152 valence electrons. The Labute approximate surface area is 169 Å². The summed E-state index contributed by atoms with van der Waals surface area (Å²) in [5.74, 6) is 0. The van der Waals surface area contributed by atoms with Crippen LogP contribution in [-0.4, -0.2) is 46.2 Å². The molecule has 2 N–H and O–H groups in total. The monoisotopic (exact) mass is 410 g/mol. The number of nitrogens with one attached hydrogen (secondary N) is 2. The van der Waals surface area contributed by atoms with Crippen LogP contribution in [0.5, 0.6) is 0 Å². The Balaban J connectivity index is 0.000000511. The van der Waals surface area contributed by atoms with Gasteiger partial charge in [0.2, 0.25) is 5.56 Å². The van der Waals surface area contributed by atoms with Crippen LogP contribution < -0.4 is 10.9 Å². The van der Waals surface area contributed by atoms with Crippen molar-refractivity contribution in [2.45, 2.75) is 56.8 Å². The van der Waals surface area contributed by atoms with Crippen LogP contribution in [0.2, 0.25) is 18.1 Å². The molecule has 0 atom stereocenters. The summed E-state index contributed by atoms with van der Waals surface area (Å²) in [5.41, 5.74) is 0.862. The maximum Gasteiger partial charge on any atom is 0.246 e. The summed E-state index contributed by atoms with van der Waals surface area (Å²) in [7, 11) is -1.74. The largest absolute Gasteiger partial charge is 0.761 e. The van der Waals surface area contributed by atoms with Crippen LogP contribution in [0.25, 0.3) is 0 Å². The van der Waals surface area contributed by atoms with Gasteiger partial charge in [-0.05, 0) is 36.5 Å². The summed E-state index contributed by atoms with van der Waals surface area (Å²) in [6.07, 6.45) is 1.41. The molecule has 0 bridgehead atoms. The first kappa shape index (κ1) is 23.8. The van der Waals surface area contributed by atoms with E-state index in [9.17, 15) is 4.79 Å². The highest BCUT2D eigenvalue weighted by atomic mass is 32.1. The molecule has 0 amide bonds. The molecule has 1 aliphatic rings. The Bertz CT molecular complexity index is 677. The lowest BCUT2D eigenvalue weighted by Gasteiger charge is -2.36. The molecule has 0 unspecified atom stereocenters. The van der Waals surface area contributed by atoms with Crippen LogP contribution >= 0.6 is 0 Å². The molecule has 0 aromatic carbocycles. The summed E-state index contributed by atoms with van der Waals surface area (Å²) >= 11 is 5.01. The molecule has 27 heavy (non-hydrogen) atoms. The van der Waals surface area contributed by atoms with E-state index in [0.717, 1.165) is 32.7 Å². The van der Waals surface area contributed by atoms with Crippen molar-refractivity contribution in [3.05, 3.63) is 27.5 Å². The van der Waals surface area contributed by atoms with E-state index in [0.29, 0.717) is 24.2 Å². The predicted octanol–water partition coefficient (Wildman–Crippen LogP) is 2.71. The Morgan fingerprint density at radius 1 is 1.33 bits per heavy atom. The zero-order valence-electron chi connectivity index (χ0n) is 17.1. The molecule has 8 heteroatoms. The zero-order valence-corrected chi connectivity index (χ0v) is 18.9. The van der Waals surface area contributed by atoms with Crippen molar-refractivity contribution in [3.63, 3.8) is 0 Å². The summed E-state index contributed by atoms with van der Waals surface area (Å²) in [5, 5.41) is 12.7. The van der Waals surface area contributed by atoms with E-state index in [1.165, 1.54) is 6.07 Å². The topological polar surface area (TPSA) is 87.1 Å². The van der Waals surface area contributed by atoms with Crippen molar-refractivity contribution in [2.24, 2.45) is 0 Å². The average Bonchev–Trinajstić information content (AvgIpc) is 2.59. The number of rotatable bonds is 5. The van der Waals surface area contributed by atoms with Gasteiger partial charge in [-0.1, -0.05) is 25.8 Å². The zero-order chi connectivity index (χ0) is 20.5. The second-order valence-electron chi connectivity index (χ2n) is 8.05. The molecular weight excluding hydrogens is 378 g/mol. The Morgan fingerprint density at radius 3 is 2.41 bits per heavy atom. The third-order valence-corrected chi connectivity index (χ3v) is 9.75. The number of aryl methyl sites for hydroxylation is 1. The summed E-state index contributed by atoms with van der Waals surface area (Å²) in [4.78, 5) is 13.9. The third kappa shape index (κ3) is 8.11. The fourth-order valence-corrected chi connectivity index (χ4v) is 3.59. The Kier molecular flexibility index (Phi) is 9.63. The van der Waals surface area contributed by atoms with Crippen LogP contribution in [0.4, 0.5) is 0 Å². The molecule has 1 fully saturated rings. The number of aromatic nitrogens is 1. The fourth-order valence-electron chi connectivity index (χ4n) is 2.23. The molecule has 1 aromatic heterocycles. The molecule has 0 aliphatic carbocycles. The third-order valence-electron chi connectivity index (χ3n) is 4.91. The molecule has 6 nitrogen and oxygen atoms in total. The maximum atomic E-state index is 11.4. The minimum atomic E-state index is -1.74. The van der Waals surface area contributed by atoms with Crippen LogP contribution in [-0.2, 0) is 28.2 Å². The first-order chi connectivity index (χ1) is 12.6. The van der Waals surface area contributed by atoms with Gasteiger partial charge in [0.05, 0.1) is 24.8 Å². The number of nitrogens with zero attached hydrogens (tertiary/aromatic N) is 1. The van der Waals surface area contributed by atoms with Crippen LogP contribution in [0, 0.1) is 11.3 Å². The van der Waals surface area contributed by atoms with E-state index in [4.69, 9.17) is 27.1 Å². The lowest BCUT2D eigenvalue weighted by Crippen LogP contribution is -2.41. The van der Waals surface area contributed by atoms with Crippen molar-refractivity contribution in [2.75, 3.05) is 32.9 Å². The number of aromatic amines is 1. The number of nitriles is 1. The van der Waals surface area contributed by atoms with E-state index in [1.54, 1.807) is 0 Å². The number of hydrogen-bond donors (Lipinski definition) is 2. The number of ether oxygens (including phenoxy) is 1. The van der Waals surface area contributed by atoms with E-state index in [-0.39, 0.29) is 15.6 Å². The van der Waals surface area contributed by atoms with Crippen molar-refractivity contribution < 1.29 is 9.16 Å². The van der Waals surface area contributed by atoms with Crippen molar-refractivity contribution in [3.8, 4) is 6.07 Å². The molecule has 1 aromatic rings. The van der Waals surface area contributed by atoms with Gasteiger partial charge in [0.25, 0.3) is 0 Å². The lowest BCUT2D eigenvalue weighted by molar-refractivity contribution is 0.109. The van der Waals surface area contributed by atoms with E-state index in [2.05, 4.69) is 50.2 Å². The van der Waals surface area contributed by atoms with Gasteiger partial charge in [0.15, 0.2) is 8.32 Å². The molecule has 2 heterocycles. The first-order valence-corrected chi connectivity index (χ1v) is 12.7. The highest BCUT2D eigenvalue weighted by Gasteiger charge is 2.36. The summed E-state index contributed by atoms with van der Waals surface area (Å²) < 4.78 is 11.1. The predicted molar refractivity (Wildman–Crippen MR) is 113 cm³/mol. The Hall–Kier alpha value is -1.24. The van der Waals surface area contributed by atoms with E-state index < -0.39 is 8.32 Å². The van der Waals surface area contributed by atoms with Gasteiger partial charge in [-0.25, -0.2) is 0 Å². The highest BCUT2D eigenvalue weighted by molar-refractivity contribution is 7.58. The average molecular weight is 411 g/mol. The molecule has 2 rings (SSSR count). The molecule has 0 saturated carbocycles. The quantitative estimate of drug-likeness (QED) is 0.441. The number of morpholine rings is 1. The van der Waals surface area contributed by atoms with Gasteiger partial charge in [-0.15, -0.1) is 0 Å². The number of H-pyrrole nitrogens is 1. The van der Waals surface area contributed by atoms with Crippen LogP contribution in [0.1, 0.15) is 38.3 Å². The maximum absolute atomic E-state index is 11.4. The normalized spacial score (nSPS) is 14.8. The van der Waals surface area contributed by atoms with Crippen molar-refractivity contribution in [1.82, 2.24) is 10.3 Å². The van der Waals surface area contributed by atoms with Gasteiger partial charge >= 0.3 is 0 Å². The smallest absolute Gasteiger partial charge is 0.246 e. The fraction of sp³-hybridized carbons (Fsp3) is 0.684. The second kappa shape index (κ2) is 10.9. The summed E-state index contributed by atoms with van der Waals surface area (Å²) in [6.45, 7) is 15.5. The lowest BCUT2D eigenvalue weighted by atomic mass is 10.1. The van der Waals surface area contributed by atoms with Crippen molar-refractivity contribution in [1.29, 1.82) is 5.26 Å².